The number of methoxy groups -OCH3 is 1. The number of pyridine rings is 1. The van der Waals surface area contributed by atoms with E-state index in [9.17, 15) is 4.79 Å². The Morgan fingerprint density at radius 1 is 1.06 bits per heavy atom. The van der Waals surface area contributed by atoms with Crippen molar-refractivity contribution in [2.45, 2.75) is 19.4 Å². The summed E-state index contributed by atoms with van der Waals surface area (Å²) in [7, 11) is 1.67. The van der Waals surface area contributed by atoms with Crippen molar-refractivity contribution >= 4 is 11.7 Å². The lowest BCUT2D eigenvalue weighted by molar-refractivity contribution is 0.0980. The predicted molar refractivity (Wildman–Crippen MR) is 122 cm³/mol. The van der Waals surface area contributed by atoms with Gasteiger partial charge in [0.15, 0.2) is 0 Å². The molecule has 2 saturated heterocycles. The summed E-state index contributed by atoms with van der Waals surface area (Å²) in [5.74, 6) is 1.48. The molecule has 0 spiro atoms. The summed E-state index contributed by atoms with van der Waals surface area (Å²) in [6, 6.07) is 13.7. The minimum atomic E-state index is 0.00156. The van der Waals surface area contributed by atoms with E-state index in [1.54, 1.807) is 13.3 Å². The van der Waals surface area contributed by atoms with Crippen molar-refractivity contribution in [1.29, 1.82) is 0 Å². The molecule has 1 N–H and O–H groups in total. The number of piperazine rings is 1. The molecule has 1 aromatic heterocycles. The number of carbonyl (C=O) groups is 1. The second kappa shape index (κ2) is 10.6. The lowest BCUT2D eigenvalue weighted by atomic mass is 9.97. The molecule has 4 rings (SSSR count). The average molecular weight is 424 g/mol. The zero-order valence-electron chi connectivity index (χ0n) is 18.4. The van der Waals surface area contributed by atoms with E-state index in [2.05, 4.69) is 26.2 Å². The van der Waals surface area contributed by atoms with Crippen LogP contribution in [0.4, 0.5) is 10.5 Å². The molecule has 2 aliphatic heterocycles. The molecule has 7 heteroatoms. The monoisotopic (exact) mass is 423 g/mol. The van der Waals surface area contributed by atoms with Gasteiger partial charge in [-0.15, -0.1) is 0 Å². The molecule has 7 nitrogen and oxygen atoms in total. The Morgan fingerprint density at radius 2 is 1.87 bits per heavy atom. The van der Waals surface area contributed by atoms with Crippen LogP contribution in [0.25, 0.3) is 0 Å². The van der Waals surface area contributed by atoms with Crippen LogP contribution in [0.15, 0.2) is 48.7 Å². The number of aromatic nitrogens is 1. The molecule has 3 heterocycles. The summed E-state index contributed by atoms with van der Waals surface area (Å²) >= 11 is 0. The zero-order chi connectivity index (χ0) is 21.5. The van der Waals surface area contributed by atoms with Crippen LogP contribution in [0.5, 0.6) is 5.75 Å². The Bertz CT molecular complexity index is 822. The number of rotatable bonds is 6. The molecule has 0 aliphatic carbocycles. The third-order valence-corrected chi connectivity index (χ3v) is 6.22. The van der Waals surface area contributed by atoms with Gasteiger partial charge in [-0.1, -0.05) is 18.2 Å². The van der Waals surface area contributed by atoms with Gasteiger partial charge in [0.05, 0.1) is 19.0 Å². The van der Waals surface area contributed by atoms with Crippen molar-refractivity contribution in [3.05, 3.63) is 54.4 Å². The molecule has 2 fully saturated rings. The summed E-state index contributed by atoms with van der Waals surface area (Å²) < 4.78 is 5.20. The van der Waals surface area contributed by atoms with Gasteiger partial charge in [-0.2, -0.15) is 0 Å². The molecule has 166 valence electrons. The maximum Gasteiger partial charge on any atom is 0.321 e. The number of ether oxygens (including phenoxy) is 1. The number of likely N-dealkylation sites (tertiary alicyclic amines) is 1. The van der Waals surface area contributed by atoms with E-state index in [0.717, 1.165) is 69.5 Å². The van der Waals surface area contributed by atoms with Crippen LogP contribution >= 0.6 is 0 Å². The predicted octanol–water partition coefficient (Wildman–Crippen LogP) is 3.15. The highest BCUT2D eigenvalue weighted by Gasteiger charge is 2.26. The Labute approximate surface area is 185 Å². The van der Waals surface area contributed by atoms with Gasteiger partial charge >= 0.3 is 6.03 Å². The van der Waals surface area contributed by atoms with Gasteiger partial charge in [-0.05, 0) is 49.6 Å². The van der Waals surface area contributed by atoms with E-state index < -0.39 is 0 Å². The van der Waals surface area contributed by atoms with Crippen molar-refractivity contribution in [2.24, 2.45) is 5.92 Å². The quantitative estimate of drug-likeness (QED) is 0.773. The number of benzene rings is 1. The Hall–Kier alpha value is -2.64. The van der Waals surface area contributed by atoms with Crippen LogP contribution < -0.4 is 10.1 Å². The van der Waals surface area contributed by atoms with Gasteiger partial charge in [0.1, 0.15) is 5.75 Å². The normalized spacial score (nSPS) is 20.4. The third kappa shape index (κ3) is 6.18. The van der Waals surface area contributed by atoms with Gasteiger partial charge in [0.2, 0.25) is 0 Å². The minimum Gasteiger partial charge on any atom is -0.495 e. The molecule has 2 aliphatic rings. The fraction of sp³-hybridized carbons (Fsp3) is 0.500. The van der Waals surface area contributed by atoms with Crippen LogP contribution in [-0.2, 0) is 6.54 Å². The van der Waals surface area contributed by atoms with Crippen molar-refractivity contribution in [1.82, 2.24) is 19.7 Å². The number of nitrogens with one attached hydrogen (secondary N) is 1. The highest BCUT2D eigenvalue weighted by molar-refractivity contribution is 5.89. The highest BCUT2D eigenvalue weighted by atomic mass is 16.5. The molecule has 2 aromatic rings. The minimum absolute atomic E-state index is 0.00156. The zero-order valence-corrected chi connectivity index (χ0v) is 18.4. The highest BCUT2D eigenvalue weighted by Crippen LogP contribution is 2.21. The lowest BCUT2D eigenvalue weighted by Gasteiger charge is -2.39. The Kier molecular flexibility index (Phi) is 7.38. The number of nitrogens with zero attached hydrogens (tertiary/aromatic N) is 4. The molecule has 1 aromatic carbocycles. The second-order valence-electron chi connectivity index (χ2n) is 8.52. The van der Waals surface area contributed by atoms with E-state index in [4.69, 9.17) is 4.74 Å². The largest absolute Gasteiger partial charge is 0.495 e. The number of hydrogen-bond donors (Lipinski definition) is 1. The first kappa shape index (κ1) is 21.6. The van der Waals surface area contributed by atoms with Crippen LogP contribution in [-0.4, -0.2) is 78.6 Å². The fourth-order valence-corrected chi connectivity index (χ4v) is 4.52. The lowest BCUT2D eigenvalue weighted by Crippen LogP contribution is -2.52. The van der Waals surface area contributed by atoms with Gasteiger partial charge < -0.3 is 15.0 Å². The van der Waals surface area contributed by atoms with Crippen molar-refractivity contribution in [3.63, 3.8) is 0 Å². The molecule has 0 radical (unpaired) electrons. The molecule has 0 saturated carbocycles. The van der Waals surface area contributed by atoms with Crippen LogP contribution in [0.1, 0.15) is 18.5 Å². The van der Waals surface area contributed by atoms with Gasteiger partial charge in [-0.25, -0.2) is 4.79 Å². The van der Waals surface area contributed by atoms with E-state index in [-0.39, 0.29) is 6.03 Å². The van der Waals surface area contributed by atoms with E-state index >= 15 is 0 Å². The SMILES string of the molecule is COc1ccc(CN2CCC[C@@H](CN3CCN(C(=O)Nc4ccccc4)CC3)C2)nc1. The molecule has 1 atom stereocenters. The standard InChI is InChI=1S/C24H33N5O2/c1-31-23-10-9-22(25-16-23)19-28-11-5-6-20(18-28)17-27-12-14-29(15-13-27)24(30)26-21-7-3-2-4-8-21/h2-4,7-10,16,20H,5-6,11-15,17-19H2,1H3,(H,26,30)/t20-/m0/s1. The van der Waals surface area contributed by atoms with Crippen LogP contribution in [0.2, 0.25) is 0 Å². The van der Waals surface area contributed by atoms with E-state index in [0.29, 0.717) is 5.92 Å². The number of anilines is 1. The first-order valence-electron chi connectivity index (χ1n) is 11.2. The first-order valence-corrected chi connectivity index (χ1v) is 11.2. The van der Waals surface area contributed by atoms with Crippen molar-refractivity contribution < 1.29 is 9.53 Å². The Balaban J connectivity index is 1.20. The van der Waals surface area contributed by atoms with Crippen molar-refractivity contribution in [2.75, 3.05) is 58.2 Å². The smallest absolute Gasteiger partial charge is 0.321 e. The molecular formula is C24H33N5O2. The third-order valence-electron chi connectivity index (χ3n) is 6.22. The van der Waals surface area contributed by atoms with Crippen LogP contribution in [0, 0.1) is 5.92 Å². The van der Waals surface area contributed by atoms with Crippen molar-refractivity contribution in [3.8, 4) is 5.75 Å². The maximum atomic E-state index is 12.5. The van der Waals surface area contributed by atoms with E-state index in [1.807, 2.05) is 41.3 Å². The number of carbonyl (C=O) groups excluding carboxylic acids is 1. The van der Waals surface area contributed by atoms with Gasteiger partial charge in [0.25, 0.3) is 0 Å². The molecular weight excluding hydrogens is 390 g/mol. The van der Waals surface area contributed by atoms with E-state index in [1.165, 1.54) is 12.8 Å². The summed E-state index contributed by atoms with van der Waals surface area (Å²) in [6.07, 6.45) is 4.31. The molecule has 2 amide bonds. The summed E-state index contributed by atoms with van der Waals surface area (Å²) in [5.41, 5.74) is 1.95. The molecule has 31 heavy (non-hydrogen) atoms. The number of para-hydroxylation sites is 1. The first-order chi connectivity index (χ1) is 15.2. The summed E-state index contributed by atoms with van der Waals surface area (Å²) in [5, 5.41) is 2.99. The maximum absolute atomic E-state index is 12.5. The van der Waals surface area contributed by atoms with Gasteiger partial charge in [0, 0.05) is 51.5 Å². The van der Waals surface area contributed by atoms with Crippen LogP contribution in [0.3, 0.4) is 0 Å². The average Bonchev–Trinajstić information content (AvgIpc) is 2.81. The Morgan fingerprint density at radius 3 is 2.58 bits per heavy atom. The topological polar surface area (TPSA) is 60.9 Å². The molecule has 0 bridgehead atoms. The second-order valence-corrected chi connectivity index (χ2v) is 8.52. The summed E-state index contributed by atoms with van der Waals surface area (Å²) in [6.45, 7) is 7.71. The summed E-state index contributed by atoms with van der Waals surface area (Å²) in [4.78, 5) is 24.0. The number of piperidine rings is 1. The number of hydrogen-bond acceptors (Lipinski definition) is 5. The van der Waals surface area contributed by atoms with Gasteiger partial charge in [-0.3, -0.25) is 14.8 Å². The number of urea groups is 1. The number of amides is 2. The fourth-order valence-electron chi connectivity index (χ4n) is 4.52. The molecule has 0 unspecified atom stereocenters.